The van der Waals surface area contributed by atoms with Crippen molar-refractivity contribution < 1.29 is 14.2 Å². The van der Waals surface area contributed by atoms with Crippen molar-refractivity contribution in [2.45, 2.75) is 59.2 Å². The highest BCUT2D eigenvalue weighted by Gasteiger charge is 2.06. The number of ether oxygens (including phenoxy) is 3. The molecule has 0 bridgehead atoms. The van der Waals surface area contributed by atoms with Gasteiger partial charge in [-0.1, -0.05) is 19.3 Å². The third kappa shape index (κ3) is 11.5. The molecular weight excluding hydrogens is 216 g/mol. The Kier molecular flexibility index (Phi) is 12.8. The maximum Gasteiger partial charge on any atom is 0.157 e. The second-order valence-corrected chi connectivity index (χ2v) is 3.71. The summed E-state index contributed by atoms with van der Waals surface area (Å²) < 4.78 is 16.1. The lowest BCUT2D eigenvalue weighted by atomic mass is 10.3. The third-order valence-electron chi connectivity index (χ3n) is 2.19. The molecule has 0 unspecified atom stereocenters. The van der Waals surface area contributed by atoms with Crippen molar-refractivity contribution in [3.63, 3.8) is 0 Å². The van der Waals surface area contributed by atoms with Crippen molar-refractivity contribution >= 4 is 0 Å². The minimum Gasteiger partial charge on any atom is -0.447 e. The lowest BCUT2D eigenvalue weighted by Crippen LogP contribution is -2.17. The fourth-order valence-electron chi connectivity index (χ4n) is 1.33. The molecule has 0 saturated heterocycles. The molecule has 0 aliphatic carbocycles. The molecule has 0 rings (SSSR count). The topological polar surface area (TPSA) is 27.7 Å². The monoisotopic (exact) mass is 242 g/mol. The van der Waals surface area contributed by atoms with E-state index in [1.807, 2.05) is 13.8 Å². The molecule has 100 valence electrons. The Morgan fingerprint density at radius 2 is 1.71 bits per heavy atom. The Morgan fingerprint density at radius 1 is 1.00 bits per heavy atom. The first-order chi connectivity index (χ1) is 8.35. The number of unbranched alkanes of at least 4 members (excludes halogenated alkanes) is 2. The predicted molar refractivity (Wildman–Crippen MR) is 69.5 cm³/mol. The lowest BCUT2D eigenvalue weighted by molar-refractivity contribution is -0.141. The molecule has 0 radical (unpaired) electrons. The summed E-state index contributed by atoms with van der Waals surface area (Å²) in [5.74, 6) is 2.99. The molecule has 3 nitrogen and oxygen atoms in total. The van der Waals surface area contributed by atoms with Gasteiger partial charge >= 0.3 is 0 Å². The molecule has 0 aromatic heterocycles. The van der Waals surface area contributed by atoms with Crippen LogP contribution in [0.15, 0.2) is 0 Å². The Bertz CT molecular complexity index is 199. The maximum atomic E-state index is 5.43. The van der Waals surface area contributed by atoms with Crippen LogP contribution in [0.3, 0.4) is 0 Å². The summed E-state index contributed by atoms with van der Waals surface area (Å²) in [5.41, 5.74) is 0. The number of hydrogen-bond donors (Lipinski definition) is 0. The Balaban J connectivity index is 3.42. The van der Waals surface area contributed by atoms with E-state index >= 15 is 0 Å². The van der Waals surface area contributed by atoms with E-state index in [1.165, 1.54) is 6.42 Å². The molecule has 0 N–H and O–H groups in total. The van der Waals surface area contributed by atoms with Crippen LogP contribution in [0.4, 0.5) is 0 Å². The van der Waals surface area contributed by atoms with Gasteiger partial charge in [-0.25, -0.2) is 0 Å². The molecule has 17 heavy (non-hydrogen) atoms. The lowest BCUT2D eigenvalue weighted by Gasteiger charge is -2.16. The van der Waals surface area contributed by atoms with E-state index in [0.717, 1.165) is 25.7 Å². The highest BCUT2D eigenvalue weighted by atomic mass is 16.7. The van der Waals surface area contributed by atoms with Crippen LogP contribution < -0.4 is 0 Å². The van der Waals surface area contributed by atoms with E-state index in [9.17, 15) is 0 Å². The third-order valence-corrected chi connectivity index (χ3v) is 2.19. The van der Waals surface area contributed by atoms with E-state index in [4.69, 9.17) is 14.2 Å². The smallest absolute Gasteiger partial charge is 0.157 e. The van der Waals surface area contributed by atoms with Gasteiger partial charge in [0, 0.05) is 26.1 Å². The highest BCUT2D eigenvalue weighted by Crippen LogP contribution is 2.04. The van der Waals surface area contributed by atoms with Crippen molar-refractivity contribution in [1.82, 2.24) is 0 Å². The molecule has 0 aromatic rings. The standard InChI is InChI=1S/C14H26O3/c1-4-7-8-9-12-15-13-10-11-14(16-5-2)17-6-3/h14H,4-8,10-11,13H2,1-3H3. The summed E-state index contributed by atoms with van der Waals surface area (Å²) in [4.78, 5) is 0. The van der Waals surface area contributed by atoms with Gasteiger partial charge in [0.2, 0.25) is 0 Å². The van der Waals surface area contributed by atoms with Crippen LogP contribution >= 0.6 is 0 Å². The summed E-state index contributed by atoms with van der Waals surface area (Å²) in [6, 6.07) is 0. The molecule has 0 aliphatic heterocycles. The van der Waals surface area contributed by atoms with Crippen LogP contribution in [0.5, 0.6) is 0 Å². The molecule has 0 heterocycles. The van der Waals surface area contributed by atoms with Gasteiger partial charge < -0.3 is 14.2 Å². The maximum absolute atomic E-state index is 5.43. The normalized spacial score (nSPS) is 10.1. The van der Waals surface area contributed by atoms with Gasteiger partial charge in [-0.15, -0.1) is 0 Å². The fraction of sp³-hybridized carbons (Fsp3) is 0.857. The SMILES string of the molecule is CCCCC#COCCCC(OCC)OCC. The average molecular weight is 242 g/mol. The van der Waals surface area contributed by atoms with Gasteiger partial charge in [-0.05, 0) is 26.7 Å². The Morgan fingerprint density at radius 3 is 2.29 bits per heavy atom. The molecule has 0 aliphatic rings. The van der Waals surface area contributed by atoms with Crippen LogP contribution in [0.2, 0.25) is 0 Å². The first-order valence-electron chi connectivity index (χ1n) is 6.67. The average Bonchev–Trinajstić information content (AvgIpc) is 2.33. The summed E-state index contributed by atoms with van der Waals surface area (Å²) >= 11 is 0. The van der Waals surface area contributed by atoms with E-state index in [-0.39, 0.29) is 6.29 Å². The Hall–Kier alpha value is -0.720. The summed E-state index contributed by atoms with van der Waals surface area (Å²) in [6.45, 7) is 8.12. The van der Waals surface area contributed by atoms with Crippen LogP contribution in [-0.4, -0.2) is 26.1 Å². The summed E-state index contributed by atoms with van der Waals surface area (Å²) in [6.07, 6.45) is 7.65. The van der Waals surface area contributed by atoms with Crippen molar-refractivity contribution in [2.75, 3.05) is 19.8 Å². The van der Waals surface area contributed by atoms with Crippen molar-refractivity contribution in [1.29, 1.82) is 0 Å². The zero-order valence-corrected chi connectivity index (χ0v) is 11.5. The molecule has 0 saturated carbocycles. The molecule has 0 atom stereocenters. The van der Waals surface area contributed by atoms with Crippen LogP contribution in [-0.2, 0) is 14.2 Å². The first kappa shape index (κ1) is 16.3. The molecule has 0 spiro atoms. The van der Waals surface area contributed by atoms with E-state index in [1.54, 1.807) is 0 Å². The molecule has 0 fully saturated rings. The van der Waals surface area contributed by atoms with Gasteiger partial charge in [-0.3, -0.25) is 0 Å². The number of hydrogen-bond acceptors (Lipinski definition) is 3. The molecular formula is C14H26O3. The van der Waals surface area contributed by atoms with Gasteiger partial charge in [0.05, 0.1) is 0 Å². The van der Waals surface area contributed by atoms with Crippen LogP contribution in [0, 0.1) is 12.0 Å². The minimum atomic E-state index is -0.0957. The van der Waals surface area contributed by atoms with Gasteiger partial charge in [0.25, 0.3) is 0 Å². The van der Waals surface area contributed by atoms with Crippen LogP contribution in [0.25, 0.3) is 0 Å². The van der Waals surface area contributed by atoms with E-state index < -0.39 is 0 Å². The highest BCUT2D eigenvalue weighted by molar-refractivity contribution is 4.90. The second-order valence-electron chi connectivity index (χ2n) is 3.71. The summed E-state index contributed by atoms with van der Waals surface area (Å²) in [7, 11) is 0. The molecule has 0 aromatic carbocycles. The van der Waals surface area contributed by atoms with Gasteiger partial charge in [-0.2, -0.15) is 0 Å². The second kappa shape index (κ2) is 13.3. The Labute approximate surface area is 106 Å². The van der Waals surface area contributed by atoms with Crippen molar-refractivity contribution in [3.8, 4) is 12.0 Å². The van der Waals surface area contributed by atoms with Gasteiger partial charge in [0.15, 0.2) is 6.29 Å². The minimum absolute atomic E-state index is 0.0957. The largest absolute Gasteiger partial charge is 0.447 e. The zero-order valence-electron chi connectivity index (χ0n) is 11.5. The first-order valence-corrected chi connectivity index (χ1v) is 6.67. The molecule has 0 amide bonds. The van der Waals surface area contributed by atoms with E-state index in [0.29, 0.717) is 19.8 Å². The quantitative estimate of drug-likeness (QED) is 0.334. The van der Waals surface area contributed by atoms with E-state index in [2.05, 4.69) is 19.0 Å². The van der Waals surface area contributed by atoms with Crippen molar-refractivity contribution in [3.05, 3.63) is 0 Å². The van der Waals surface area contributed by atoms with Crippen LogP contribution in [0.1, 0.15) is 52.9 Å². The zero-order chi connectivity index (χ0) is 12.8. The van der Waals surface area contributed by atoms with Crippen molar-refractivity contribution in [2.24, 2.45) is 0 Å². The fourth-order valence-corrected chi connectivity index (χ4v) is 1.33. The number of rotatable bonds is 10. The summed E-state index contributed by atoms with van der Waals surface area (Å²) in [5, 5.41) is 0. The van der Waals surface area contributed by atoms with Gasteiger partial charge in [0.1, 0.15) is 12.7 Å². The predicted octanol–water partition coefficient (Wildman–Crippen LogP) is 3.33. The molecule has 3 heteroatoms.